The fraction of sp³-hybridized carbons (Fsp3) is 0.562. The van der Waals surface area contributed by atoms with Crippen LogP contribution in [0.25, 0.3) is 0 Å². The molecule has 0 heterocycles. The first-order chi connectivity index (χ1) is 9.26. The molecule has 1 aromatic rings. The van der Waals surface area contributed by atoms with Crippen molar-refractivity contribution in [1.29, 1.82) is 0 Å². The second-order valence-corrected chi connectivity index (χ2v) is 6.02. The number of carbonyl (C=O) groups is 1. The highest BCUT2D eigenvalue weighted by molar-refractivity contribution is 5.79. The molecule has 3 nitrogen and oxygen atoms in total. The van der Waals surface area contributed by atoms with Crippen molar-refractivity contribution in [1.82, 2.24) is 5.32 Å². The summed E-state index contributed by atoms with van der Waals surface area (Å²) < 4.78 is 0. The molecule has 3 N–H and O–H groups in total. The average Bonchev–Trinajstić information content (AvgIpc) is 3.07. The fourth-order valence-electron chi connectivity index (χ4n) is 3.75. The molecule has 2 bridgehead atoms. The third kappa shape index (κ3) is 2.66. The molecule has 0 spiro atoms. The SMILES string of the molecule is NCc1cccc(CNC(=O)C2CC3CCC2C3)c1. The topological polar surface area (TPSA) is 55.1 Å². The minimum Gasteiger partial charge on any atom is -0.352 e. The summed E-state index contributed by atoms with van der Waals surface area (Å²) in [4.78, 5) is 12.2. The lowest BCUT2D eigenvalue weighted by Gasteiger charge is -2.20. The molecule has 2 aliphatic carbocycles. The van der Waals surface area contributed by atoms with Crippen LogP contribution in [-0.4, -0.2) is 5.91 Å². The minimum atomic E-state index is 0.255. The zero-order chi connectivity index (χ0) is 13.2. The molecular formula is C16H22N2O. The second-order valence-electron chi connectivity index (χ2n) is 6.02. The zero-order valence-electron chi connectivity index (χ0n) is 11.3. The van der Waals surface area contributed by atoms with Crippen molar-refractivity contribution in [2.75, 3.05) is 0 Å². The first-order valence-electron chi connectivity index (χ1n) is 7.32. The number of nitrogens with one attached hydrogen (secondary N) is 1. The van der Waals surface area contributed by atoms with Crippen molar-refractivity contribution in [2.24, 2.45) is 23.5 Å². The predicted molar refractivity (Wildman–Crippen MR) is 75.1 cm³/mol. The van der Waals surface area contributed by atoms with Crippen LogP contribution < -0.4 is 11.1 Å². The van der Waals surface area contributed by atoms with E-state index in [-0.39, 0.29) is 11.8 Å². The van der Waals surface area contributed by atoms with Gasteiger partial charge < -0.3 is 11.1 Å². The van der Waals surface area contributed by atoms with Crippen molar-refractivity contribution in [3.05, 3.63) is 35.4 Å². The van der Waals surface area contributed by atoms with Crippen LogP contribution in [0, 0.1) is 17.8 Å². The highest BCUT2D eigenvalue weighted by atomic mass is 16.1. The summed E-state index contributed by atoms with van der Waals surface area (Å²) in [7, 11) is 0. The van der Waals surface area contributed by atoms with E-state index < -0.39 is 0 Å². The van der Waals surface area contributed by atoms with Crippen molar-refractivity contribution in [2.45, 2.75) is 38.8 Å². The van der Waals surface area contributed by atoms with Crippen molar-refractivity contribution in [3.63, 3.8) is 0 Å². The zero-order valence-corrected chi connectivity index (χ0v) is 11.3. The van der Waals surface area contributed by atoms with E-state index in [0.29, 0.717) is 19.0 Å². The van der Waals surface area contributed by atoms with Gasteiger partial charge in [0.25, 0.3) is 0 Å². The number of hydrogen-bond donors (Lipinski definition) is 2. The average molecular weight is 258 g/mol. The lowest BCUT2D eigenvalue weighted by Crippen LogP contribution is -2.33. The van der Waals surface area contributed by atoms with Crippen LogP contribution in [-0.2, 0) is 17.9 Å². The highest BCUT2D eigenvalue weighted by Gasteiger charge is 2.42. The fourth-order valence-corrected chi connectivity index (χ4v) is 3.75. The van der Waals surface area contributed by atoms with Gasteiger partial charge in [-0.15, -0.1) is 0 Å². The molecule has 19 heavy (non-hydrogen) atoms. The summed E-state index contributed by atoms with van der Waals surface area (Å²) in [5, 5.41) is 3.10. The van der Waals surface area contributed by atoms with Gasteiger partial charge in [0.2, 0.25) is 5.91 Å². The summed E-state index contributed by atoms with van der Waals surface area (Å²) >= 11 is 0. The Kier molecular flexibility index (Phi) is 3.56. The Balaban J connectivity index is 1.55. The minimum absolute atomic E-state index is 0.255. The van der Waals surface area contributed by atoms with Crippen molar-refractivity contribution < 1.29 is 4.79 Å². The Morgan fingerprint density at radius 3 is 2.79 bits per heavy atom. The quantitative estimate of drug-likeness (QED) is 0.870. The summed E-state index contributed by atoms with van der Waals surface area (Å²) in [5.74, 6) is 2.00. The van der Waals surface area contributed by atoms with E-state index in [1.807, 2.05) is 18.2 Å². The van der Waals surface area contributed by atoms with Crippen LogP contribution in [0.4, 0.5) is 0 Å². The number of fused-ring (bicyclic) bond motifs is 2. The van der Waals surface area contributed by atoms with Crippen molar-refractivity contribution in [3.8, 4) is 0 Å². The molecule has 0 radical (unpaired) electrons. The van der Waals surface area contributed by atoms with E-state index in [0.717, 1.165) is 23.5 Å². The molecule has 3 unspecified atom stereocenters. The molecule has 0 aliphatic heterocycles. The Bertz CT molecular complexity index is 472. The molecule has 3 heteroatoms. The van der Waals surface area contributed by atoms with Gasteiger partial charge in [0.1, 0.15) is 0 Å². The van der Waals surface area contributed by atoms with Crippen LogP contribution in [0.3, 0.4) is 0 Å². The van der Waals surface area contributed by atoms with Gasteiger partial charge in [-0.1, -0.05) is 30.7 Å². The first kappa shape index (κ1) is 12.7. The Morgan fingerprint density at radius 2 is 2.11 bits per heavy atom. The molecule has 2 aliphatic rings. The summed E-state index contributed by atoms with van der Waals surface area (Å²) in [6.45, 7) is 1.18. The summed E-state index contributed by atoms with van der Waals surface area (Å²) in [5.41, 5.74) is 7.88. The van der Waals surface area contributed by atoms with E-state index in [1.165, 1.54) is 19.3 Å². The number of benzene rings is 1. The van der Waals surface area contributed by atoms with Gasteiger partial charge >= 0.3 is 0 Å². The Labute approximate surface area is 114 Å². The number of hydrogen-bond acceptors (Lipinski definition) is 2. The maximum atomic E-state index is 12.2. The van der Waals surface area contributed by atoms with E-state index in [9.17, 15) is 4.79 Å². The molecular weight excluding hydrogens is 236 g/mol. The molecule has 0 saturated heterocycles. The van der Waals surface area contributed by atoms with Gasteiger partial charge in [0, 0.05) is 19.0 Å². The van der Waals surface area contributed by atoms with E-state index in [4.69, 9.17) is 5.73 Å². The Morgan fingerprint density at radius 1 is 1.26 bits per heavy atom. The summed E-state index contributed by atoms with van der Waals surface area (Å²) in [6.07, 6.45) is 4.98. The maximum absolute atomic E-state index is 12.2. The van der Waals surface area contributed by atoms with Gasteiger partial charge in [0.05, 0.1) is 0 Å². The lowest BCUT2D eigenvalue weighted by atomic mass is 9.88. The van der Waals surface area contributed by atoms with Gasteiger partial charge in [0.15, 0.2) is 0 Å². The third-order valence-corrected chi connectivity index (χ3v) is 4.77. The number of nitrogens with two attached hydrogens (primary N) is 1. The van der Waals surface area contributed by atoms with E-state index in [2.05, 4.69) is 11.4 Å². The van der Waals surface area contributed by atoms with E-state index in [1.54, 1.807) is 0 Å². The van der Waals surface area contributed by atoms with Crippen molar-refractivity contribution >= 4 is 5.91 Å². The number of amides is 1. The van der Waals surface area contributed by atoms with Crippen LogP contribution in [0.5, 0.6) is 0 Å². The first-order valence-corrected chi connectivity index (χ1v) is 7.32. The molecule has 1 amide bonds. The molecule has 1 aromatic carbocycles. The number of rotatable bonds is 4. The predicted octanol–water partition coefficient (Wildman–Crippen LogP) is 2.20. The molecule has 3 atom stereocenters. The van der Waals surface area contributed by atoms with Crippen LogP contribution in [0.15, 0.2) is 24.3 Å². The molecule has 3 rings (SSSR count). The van der Waals surface area contributed by atoms with Gasteiger partial charge in [-0.3, -0.25) is 4.79 Å². The maximum Gasteiger partial charge on any atom is 0.223 e. The van der Waals surface area contributed by atoms with Gasteiger partial charge in [-0.2, -0.15) is 0 Å². The monoisotopic (exact) mass is 258 g/mol. The van der Waals surface area contributed by atoms with Crippen LogP contribution >= 0.6 is 0 Å². The van der Waals surface area contributed by atoms with Gasteiger partial charge in [-0.05, 0) is 42.2 Å². The lowest BCUT2D eigenvalue weighted by molar-refractivity contribution is -0.126. The Hall–Kier alpha value is -1.35. The van der Waals surface area contributed by atoms with E-state index >= 15 is 0 Å². The largest absolute Gasteiger partial charge is 0.352 e. The standard InChI is InChI=1S/C16H22N2O/c17-9-12-2-1-3-13(6-12)10-18-16(19)15-8-11-4-5-14(15)7-11/h1-3,6,11,14-15H,4-5,7-10,17H2,(H,18,19). The van der Waals surface area contributed by atoms with Crippen LogP contribution in [0.2, 0.25) is 0 Å². The molecule has 102 valence electrons. The smallest absolute Gasteiger partial charge is 0.223 e. The summed E-state index contributed by atoms with van der Waals surface area (Å²) in [6, 6.07) is 8.13. The molecule has 0 aromatic heterocycles. The normalized spacial score (nSPS) is 28.6. The number of carbonyl (C=O) groups excluding carboxylic acids is 1. The van der Waals surface area contributed by atoms with Crippen LogP contribution in [0.1, 0.15) is 36.8 Å². The highest BCUT2D eigenvalue weighted by Crippen LogP contribution is 2.48. The third-order valence-electron chi connectivity index (χ3n) is 4.77. The second kappa shape index (κ2) is 5.33. The van der Waals surface area contributed by atoms with Gasteiger partial charge in [-0.25, -0.2) is 0 Å². The molecule has 2 fully saturated rings. The molecule has 2 saturated carbocycles.